The fraction of sp³-hybridized carbons (Fsp3) is 0.324. The van der Waals surface area contributed by atoms with Gasteiger partial charge in [0.05, 0.1) is 47.8 Å². The number of carbonyl (C=O) groups is 2. The van der Waals surface area contributed by atoms with Gasteiger partial charge in [-0.1, -0.05) is 12.1 Å². The third-order valence-electron chi connectivity index (χ3n) is 8.14. The Morgan fingerprint density at radius 1 is 0.694 bits per heavy atom. The van der Waals surface area contributed by atoms with Crippen molar-refractivity contribution >= 4 is 57.4 Å². The van der Waals surface area contributed by atoms with Crippen LogP contribution in [0.15, 0.2) is 79.4 Å². The number of pyridine rings is 3. The van der Waals surface area contributed by atoms with E-state index in [1.54, 1.807) is 32.7 Å². The standard InChI is InChI=1S/C37H43N7O4.ClH/c1-24(43-32-21-28(47-3)19-26-11-7-14-39-34(26)32)9-5-16-41-36(45)30-13-18-38-23-31(30)37(46)42-17-6-10-25(2)44-33-22-29(48-4)20-27-12-8-15-40-35(27)33;/h7-8,11-15,18-25,43-44H,5-6,9-10,16-17H2,1-4H3,(H,41,45)(H,42,46);1H. The van der Waals surface area contributed by atoms with Crippen molar-refractivity contribution in [3.05, 3.63) is 90.5 Å². The zero-order valence-corrected chi connectivity index (χ0v) is 29.1. The van der Waals surface area contributed by atoms with Gasteiger partial charge in [-0.05, 0) is 69.9 Å². The number of nitrogens with one attached hydrogen (secondary N) is 4. The first-order valence-electron chi connectivity index (χ1n) is 16.2. The van der Waals surface area contributed by atoms with Crippen molar-refractivity contribution in [2.75, 3.05) is 37.9 Å². The van der Waals surface area contributed by atoms with Crippen molar-refractivity contribution in [3.63, 3.8) is 0 Å². The molecule has 2 unspecified atom stereocenters. The molecule has 11 nitrogen and oxygen atoms in total. The molecule has 2 atom stereocenters. The van der Waals surface area contributed by atoms with Gasteiger partial charge in [0.25, 0.3) is 11.8 Å². The van der Waals surface area contributed by atoms with Crippen molar-refractivity contribution in [1.29, 1.82) is 0 Å². The molecule has 0 saturated carbocycles. The van der Waals surface area contributed by atoms with Gasteiger partial charge in [-0.3, -0.25) is 24.5 Å². The molecule has 0 aliphatic heterocycles. The van der Waals surface area contributed by atoms with Crippen LogP contribution >= 0.6 is 12.4 Å². The molecule has 5 rings (SSSR count). The minimum atomic E-state index is -0.325. The Balaban J connectivity index is 0.00000541. The third-order valence-corrected chi connectivity index (χ3v) is 8.14. The van der Waals surface area contributed by atoms with E-state index in [-0.39, 0.29) is 41.9 Å². The van der Waals surface area contributed by atoms with Crippen molar-refractivity contribution in [3.8, 4) is 11.5 Å². The van der Waals surface area contributed by atoms with Gasteiger partial charge < -0.3 is 30.7 Å². The molecule has 0 aliphatic carbocycles. The molecule has 0 aliphatic rings. The third kappa shape index (κ3) is 9.70. The van der Waals surface area contributed by atoms with E-state index in [1.807, 2.05) is 48.5 Å². The van der Waals surface area contributed by atoms with E-state index >= 15 is 0 Å². The first kappa shape index (κ1) is 36.7. The molecule has 49 heavy (non-hydrogen) atoms. The van der Waals surface area contributed by atoms with Crippen LogP contribution in [0.25, 0.3) is 21.8 Å². The molecule has 0 bridgehead atoms. The molecule has 0 saturated heterocycles. The van der Waals surface area contributed by atoms with Gasteiger partial charge in [0.1, 0.15) is 11.5 Å². The van der Waals surface area contributed by atoms with Crippen molar-refractivity contribution in [2.45, 2.75) is 51.6 Å². The predicted molar refractivity (Wildman–Crippen MR) is 197 cm³/mol. The topological polar surface area (TPSA) is 139 Å². The van der Waals surface area contributed by atoms with E-state index in [2.05, 4.69) is 50.1 Å². The van der Waals surface area contributed by atoms with Crippen LogP contribution < -0.4 is 30.7 Å². The van der Waals surface area contributed by atoms with Crippen LogP contribution in [0.3, 0.4) is 0 Å². The number of fused-ring (bicyclic) bond motifs is 2. The van der Waals surface area contributed by atoms with E-state index in [9.17, 15) is 9.59 Å². The fourth-order valence-electron chi connectivity index (χ4n) is 5.64. The summed E-state index contributed by atoms with van der Waals surface area (Å²) in [5.74, 6) is 0.894. The minimum absolute atomic E-state index is 0. The molecule has 3 aromatic heterocycles. The highest BCUT2D eigenvalue weighted by molar-refractivity contribution is 6.07. The number of hydrogen-bond acceptors (Lipinski definition) is 9. The summed E-state index contributed by atoms with van der Waals surface area (Å²) < 4.78 is 10.9. The maximum atomic E-state index is 13.1. The average Bonchev–Trinajstić information content (AvgIpc) is 3.11. The summed E-state index contributed by atoms with van der Waals surface area (Å²) in [4.78, 5) is 39.3. The number of carbonyl (C=O) groups excluding carboxylic acids is 2. The number of methoxy groups -OCH3 is 2. The summed E-state index contributed by atoms with van der Waals surface area (Å²) >= 11 is 0. The zero-order valence-electron chi connectivity index (χ0n) is 28.3. The quantitative estimate of drug-likeness (QED) is 0.0842. The van der Waals surface area contributed by atoms with E-state index in [0.29, 0.717) is 18.7 Å². The summed E-state index contributed by atoms with van der Waals surface area (Å²) in [6.07, 6.45) is 9.62. The molecule has 5 aromatic rings. The lowest BCUT2D eigenvalue weighted by Crippen LogP contribution is -2.31. The first-order valence-corrected chi connectivity index (χ1v) is 16.2. The van der Waals surface area contributed by atoms with E-state index in [4.69, 9.17) is 9.47 Å². The lowest BCUT2D eigenvalue weighted by atomic mass is 10.1. The highest BCUT2D eigenvalue weighted by Crippen LogP contribution is 2.29. The largest absolute Gasteiger partial charge is 0.497 e. The van der Waals surface area contributed by atoms with Crippen LogP contribution in [0, 0.1) is 0 Å². The second-order valence-electron chi connectivity index (χ2n) is 11.8. The summed E-state index contributed by atoms with van der Waals surface area (Å²) in [5, 5.41) is 15.0. The van der Waals surface area contributed by atoms with Gasteiger partial charge in [-0.15, -0.1) is 12.4 Å². The number of hydrogen-bond donors (Lipinski definition) is 4. The Hall–Kier alpha value is -5.16. The molecular formula is C37H44ClN7O4. The number of halogens is 1. The Bertz CT molecular complexity index is 1740. The molecular weight excluding hydrogens is 642 g/mol. The van der Waals surface area contributed by atoms with Crippen LogP contribution in [-0.4, -0.2) is 66.2 Å². The lowest BCUT2D eigenvalue weighted by molar-refractivity contribution is 0.0918. The molecule has 258 valence electrons. The minimum Gasteiger partial charge on any atom is -0.497 e. The fourth-order valence-corrected chi connectivity index (χ4v) is 5.64. The second kappa shape index (κ2) is 17.8. The monoisotopic (exact) mass is 685 g/mol. The van der Waals surface area contributed by atoms with Gasteiger partial charge in [-0.2, -0.15) is 0 Å². The Kier molecular flexibility index (Phi) is 13.4. The number of aromatic nitrogens is 3. The average molecular weight is 686 g/mol. The number of benzene rings is 2. The van der Waals surface area contributed by atoms with Crippen LogP contribution in [0.5, 0.6) is 11.5 Å². The molecule has 2 amide bonds. The Morgan fingerprint density at radius 3 is 1.67 bits per heavy atom. The highest BCUT2D eigenvalue weighted by Gasteiger charge is 2.17. The number of rotatable bonds is 16. The molecule has 0 spiro atoms. The van der Waals surface area contributed by atoms with E-state index < -0.39 is 0 Å². The normalized spacial score (nSPS) is 12.0. The van der Waals surface area contributed by atoms with Crippen molar-refractivity contribution in [2.24, 2.45) is 0 Å². The van der Waals surface area contributed by atoms with Crippen LogP contribution in [0.1, 0.15) is 60.2 Å². The zero-order chi connectivity index (χ0) is 33.9. The number of ether oxygens (including phenoxy) is 2. The number of nitrogens with zero attached hydrogens (tertiary/aromatic N) is 3. The van der Waals surface area contributed by atoms with Gasteiger partial charge in [0, 0.05) is 72.9 Å². The van der Waals surface area contributed by atoms with Crippen LogP contribution in [0.2, 0.25) is 0 Å². The summed E-state index contributed by atoms with van der Waals surface area (Å²) in [7, 11) is 3.30. The van der Waals surface area contributed by atoms with Crippen molar-refractivity contribution in [1.82, 2.24) is 25.6 Å². The molecule has 0 fully saturated rings. The van der Waals surface area contributed by atoms with Gasteiger partial charge in [0.15, 0.2) is 0 Å². The first-order chi connectivity index (χ1) is 23.4. The highest BCUT2D eigenvalue weighted by atomic mass is 35.5. The van der Waals surface area contributed by atoms with Gasteiger partial charge in [0.2, 0.25) is 0 Å². The van der Waals surface area contributed by atoms with Crippen molar-refractivity contribution < 1.29 is 19.1 Å². The van der Waals surface area contributed by atoms with Gasteiger partial charge in [-0.25, -0.2) is 0 Å². The summed E-state index contributed by atoms with van der Waals surface area (Å²) in [6, 6.07) is 17.5. The smallest absolute Gasteiger partial charge is 0.253 e. The van der Waals surface area contributed by atoms with Crippen LogP contribution in [-0.2, 0) is 0 Å². The van der Waals surface area contributed by atoms with Crippen LogP contribution in [0.4, 0.5) is 11.4 Å². The molecule has 0 radical (unpaired) electrons. The predicted octanol–water partition coefficient (Wildman–Crippen LogP) is 6.64. The van der Waals surface area contributed by atoms with E-state index in [1.165, 1.54) is 12.4 Å². The number of amides is 2. The maximum Gasteiger partial charge on any atom is 0.253 e. The molecule has 3 heterocycles. The number of anilines is 2. The lowest BCUT2D eigenvalue weighted by Gasteiger charge is -2.18. The second-order valence-corrected chi connectivity index (χ2v) is 11.8. The SMILES string of the molecule is COc1cc(NC(C)CCCNC(=O)c2ccncc2C(=O)NCCCC(C)Nc2cc(OC)cc3cccnc23)c2ncccc2c1.Cl. The summed E-state index contributed by atoms with van der Waals surface area (Å²) in [6.45, 7) is 5.11. The molecule has 2 aromatic carbocycles. The van der Waals surface area contributed by atoms with E-state index in [0.717, 1.165) is 70.4 Å². The molecule has 4 N–H and O–H groups in total. The summed E-state index contributed by atoms with van der Waals surface area (Å²) in [5.41, 5.74) is 4.13. The van der Waals surface area contributed by atoms with Gasteiger partial charge >= 0.3 is 0 Å². The maximum absolute atomic E-state index is 13.1. The Labute approximate surface area is 293 Å². The Morgan fingerprint density at radius 2 is 1.18 bits per heavy atom. The molecule has 12 heteroatoms.